The van der Waals surface area contributed by atoms with Crippen molar-refractivity contribution in [3.05, 3.63) is 101 Å². The molecule has 0 heterocycles. The van der Waals surface area contributed by atoms with Crippen LogP contribution in [0.15, 0.2) is 79.4 Å². The fraction of sp³-hybridized carbons (Fsp3) is 0.259. The normalized spacial score (nSPS) is 13.0. The lowest BCUT2D eigenvalue weighted by Crippen LogP contribution is -2.47. The van der Waals surface area contributed by atoms with E-state index in [9.17, 15) is 0 Å². The van der Waals surface area contributed by atoms with Crippen LogP contribution in [0.5, 0.6) is 0 Å². The van der Waals surface area contributed by atoms with Gasteiger partial charge in [0, 0.05) is 12.1 Å². The highest BCUT2D eigenvalue weighted by Gasteiger charge is 2.31. The molecule has 28 heavy (non-hydrogen) atoms. The number of hydrogen-bond acceptors (Lipinski definition) is 1. The molecule has 0 fully saturated rings. The van der Waals surface area contributed by atoms with Crippen molar-refractivity contribution in [1.82, 2.24) is 4.90 Å². The van der Waals surface area contributed by atoms with Gasteiger partial charge in [-0.05, 0) is 61.4 Å². The summed E-state index contributed by atoms with van der Waals surface area (Å²) in [6.07, 6.45) is 7.07. The predicted molar refractivity (Wildman–Crippen MR) is 126 cm³/mol. The molecule has 0 saturated heterocycles. The van der Waals surface area contributed by atoms with Crippen LogP contribution in [0.25, 0.3) is 18.2 Å². The van der Waals surface area contributed by atoms with E-state index in [0.717, 1.165) is 23.7 Å². The molecule has 0 aliphatic carbocycles. The van der Waals surface area contributed by atoms with E-state index in [1.807, 2.05) is 19.1 Å². The van der Waals surface area contributed by atoms with Crippen molar-refractivity contribution in [3.63, 3.8) is 0 Å². The van der Waals surface area contributed by atoms with Crippen LogP contribution in [0.1, 0.15) is 38.3 Å². The van der Waals surface area contributed by atoms with E-state index in [2.05, 4.69) is 100 Å². The van der Waals surface area contributed by atoms with Gasteiger partial charge in [0.05, 0.1) is 0 Å². The first-order valence-corrected chi connectivity index (χ1v) is 9.82. The number of hydrogen-bond donors (Lipinski definition) is 0. The van der Waals surface area contributed by atoms with Crippen molar-refractivity contribution >= 4 is 18.2 Å². The van der Waals surface area contributed by atoms with Gasteiger partial charge in [-0.1, -0.05) is 92.1 Å². The maximum Gasteiger partial charge on any atom is 0.0417 e. The summed E-state index contributed by atoms with van der Waals surface area (Å²) in [5, 5.41) is 2.21. The Bertz CT molecular complexity index is 975. The third-order valence-electron chi connectivity index (χ3n) is 5.41. The standard InChI is InChI=1S/C27H33N/c1-8-10-15-21(3)20-28(7)27(5,6)26(24-18-13-11-16-22(24)4)25-19-14-12-17-23(25)9-2/h8-14,16-19H,2-4,15,20H2,1,5-7H3/b10-8?,26-24+. The minimum Gasteiger partial charge on any atom is -0.293 e. The number of allylic oxidation sites excluding steroid dienone is 2. The molecule has 0 atom stereocenters. The highest BCUT2D eigenvalue weighted by molar-refractivity contribution is 5.78. The molecule has 0 radical (unpaired) electrons. The summed E-state index contributed by atoms with van der Waals surface area (Å²) in [7, 11) is 2.17. The molecular weight excluding hydrogens is 338 g/mol. The lowest BCUT2D eigenvalue weighted by atomic mass is 9.82. The molecule has 0 bridgehead atoms. The average Bonchev–Trinajstić information content (AvgIpc) is 2.68. The van der Waals surface area contributed by atoms with Crippen molar-refractivity contribution in [1.29, 1.82) is 0 Å². The Morgan fingerprint density at radius 3 is 2.36 bits per heavy atom. The molecule has 0 aliphatic heterocycles. The first-order chi connectivity index (χ1) is 13.3. The first kappa shape index (κ1) is 21.7. The van der Waals surface area contributed by atoms with Gasteiger partial charge in [0.1, 0.15) is 0 Å². The Kier molecular flexibility index (Phi) is 7.37. The maximum absolute atomic E-state index is 4.30. The van der Waals surface area contributed by atoms with E-state index in [1.54, 1.807) is 0 Å². The van der Waals surface area contributed by atoms with Gasteiger partial charge in [0.2, 0.25) is 0 Å². The summed E-state index contributed by atoms with van der Waals surface area (Å²) in [5.74, 6) is 0. The number of nitrogens with zero attached hydrogens (tertiary/aromatic N) is 1. The fourth-order valence-electron chi connectivity index (χ4n) is 3.54. The molecule has 1 nitrogen and oxygen atoms in total. The zero-order chi connectivity index (χ0) is 20.7. The van der Waals surface area contributed by atoms with E-state index in [-0.39, 0.29) is 5.54 Å². The van der Waals surface area contributed by atoms with Crippen LogP contribution in [0, 0.1) is 0 Å². The zero-order valence-corrected chi connectivity index (χ0v) is 17.8. The van der Waals surface area contributed by atoms with E-state index in [4.69, 9.17) is 0 Å². The summed E-state index contributed by atoms with van der Waals surface area (Å²) >= 11 is 0. The van der Waals surface area contributed by atoms with Gasteiger partial charge in [-0.3, -0.25) is 4.90 Å². The Balaban J connectivity index is 2.68. The van der Waals surface area contributed by atoms with E-state index >= 15 is 0 Å². The molecule has 0 aliphatic rings. The van der Waals surface area contributed by atoms with Crippen molar-refractivity contribution in [3.8, 4) is 0 Å². The van der Waals surface area contributed by atoms with Crippen molar-refractivity contribution in [2.75, 3.05) is 13.6 Å². The fourth-order valence-corrected chi connectivity index (χ4v) is 3.54. The monoisotopic (exact) mass is 371 g/mol. The molecular formula is C27H33N. The van der Waals surface area contributed by atoms with Crippen LogP contribution in [0.3, 0.4) is 0 Å². The second-order valence-electron chi connectivity index (χ2n) is 7.76. The van der Waals surface area contributed by atoms with Crippen LogP contribution >= 0.6 is 0 Å². The quantitative estimate of drug-likeness (QED) is 0.579. The highest BCUT2D eigenvalue weighted by Crippen LogP contribution is 2.32. The van der Waals surface area contributed by atoms with E-state index in [0.29, 0.717) is 0 Å². The highest BCUT2D eigenvalue weighted by atomic mass is 15.2. The zero-order valence-electron chi connectivity index (χ0n) is 17.8. The lowest BCUT2D eigenvalue weighted by Gasteiger charge is -2.39. The molecule has 146 valence electrons. The Labute approximate surface area is 170 Å². The molecule has 0 amide bonds. The van der Waals surface area contributed by atoms with Gasteiger partial charge < -0.3 is 0 Å². The Morgan fingerprint density at radius 1 is 1.07 bits per heavy atom. The Hall–Kier alpha value is -2.64. The van der Waals surface area contributed by atoms with Crippen molar-refractivity contribution < 1.29 is 0 Å². The van der Waals surface area contributed by atoms with Gasteiger partial charge in [-0.15, -0.1) is 0 Å². The summed E-state index contributed by atoms with van der Waals surface area (Å²) in [6.45, 7) is 20.0. The largest absolute Gasteiger partial charge is 0.293 e. The summed E-state index contributed by atoms with van der Waals surface area (Å²) < 4.78 is 0. The van der Waals surface area contributed by atoms with Gasteiger partial charge in [-0.2, -0.15) is 0 Å². The Morgan fingerprint density at radius 2 is 1.71 bits per heavy atom. The van der Waals surface area contributed by atoms with Gasteiger partial charge in [-0.25, -0.2) is 0 Å². The van der Waals surface area contributed by atoms with Crippen molar-refractivity contribution in [2.45, 2.75) is 32.7 Å². The molecule has 0 spiro atoms. The van der Waals surface area contributed by atoms with Gasteiger partial charge >= 0.3 is 0 Å². The SMILES string of the molecule is C=Cc1ccccc1/C(=c1/ccccc1=C)C(C)(C)N(C)CC(=C)CC=CC. The van der Waals surface area contributed by atoms with Crippen LogP contribution in [0.2, 0.25) is 0 Å². The predicted octanol–water partition coefficient (Wildman–Crippen LogP) is 5.17. The maximum atomic E-state index is 4.30. The summed E-state index contributed by atoms with van der Waals surface area (Å²) in [5.41, 5.74) is 4.56. The number of benzene rings is 2. The van der Waals surface area contributed by atoms with E-state index in [1.165, 1.54) is 21.9 Å². The van der Waals surface area contributed by atoms with Crippen LogP contribution < -0.4 is 10.4 Å². The topological polar surface area (TPSA) is 3.24 Å². The lowest BCUT2D eigenvalue weighted by molar-refractivity contribution is 0.230. The van der Waals surface area contributed by atoms with Crippen molar-refractivity contribution in [2.24, 2.45) is 0 Å². The van der Waals surface area contributed by atoms with E-state index < -0.39 is 0 Å². The second kappa shape index (κ2) is 9.52. The molecule has 0 N–H and O–H groups in total. The molecule has 0 saturated carbocycles. The molecule has 0 aromatic heterocycles. The molecule has 1 heteroatoms. The van der Waals surface area contributed by atoms with Gasteiger partial charge in [0.25, 0.3) is 0 Å². The average molecular weight is 372 g/mol. The van der Waals surface area contributed by atoms with Crippen LogP contribution in [-0.4, -0.2) is 24.0 Å². The molecule has 2 rings (SSSR count). The second-order valence-corrected chi connectivity index (χ2v) is 7.76. The number of likely N-dealkylation sites (N-methyl/N-ethyl adjacent to an activating group) is 1. The van der Waals surface area contributed by atoms with Gasteiger partial charge in [0.15, 0.2) is 0 Å². The molecule has 2 aromatic rings. The number of rotatable bonds is 8. The third kappa shape index (κ3) is 4.79. The first-order valence-electron chi connectivity index (χ1n) is 9.82. The third-order valence-corrected chi connectivity index (χ3v) is 5.41. The molecule has 2 aromatic carbocycles. The van der Waals surface area contributed by atoms with Crippen LogP contribution in [-0.2, 0) is 0 Å². The van der Waals surface area contributed by atoms with Crippen LogP contribution in [0.4, 0.5) is 0 Å². The summed E-state index contributed by atoms with van der Waals surface area (Å²) in [6, 6.07) is 16.8. The molecule has 0 unspecified atom stereocenters. The smallest absolute Gasteiger partial charge is 0.0417 e. The minimum absolute atomic E-state index is 0.230. The summed E-state index contributed by atoms with van der Waals surface area (Å²) in [4.78, 5) is 2.38. The minimum atomic E-state index is -0.230.